The highest BCUT2D eigenvalue weighted by Crippen LogP contribution is 2.21. The highest BCUT2D eigenvalue weighted by atomic mass is 16.6. The van der Waals surface area contributed by atoms with Crippen molar-refractivity contribution >= 4 is 6.09 Å². The van der Waals surface area contributed by atoms with Crippen molar-refractivity contribution in [3.8, 4) is 0 Å². The fraction of sp³-hybridized carbons (Fsp3) is 0.917. The molecule has 4 heteroatoms. The van der Waals surface area contributed by atoms with Crippen LogP contribution in [0, 0.1) is 0 Å². The van der Waals surface area contributed by atoms with Crippen molar-refractivity contribution in [2.45, 2.75) is 64.1 Å². The Hall–Kier alpha value is -0.770. The molecule has 1 fully saturated rings. The first-order valence-corrected chi connectivity index (χ1v) is 6.00. The van der Waals surface area contributed by atoms with Crippen LogP contribution in [-0.2, 0) is 4.74 Å². The number of rotatable bonds is 1. The molecule has 0 aliphatic heterocycles. The Morgan fingerprint density at radius 1 is 1.25 bits per heavy atom. The van der Waals surface area contributed by atoms with E-state index in [0.717, 1.165) is 25.7 Å². The van der Waals surface area contributed by atoms with Crippen LogP contribution in [0.15, 0.2) is 0 Å². The van der Waals surface area contributed by atoms with Crippen molar-refractivity contribution in [1.29, 1.82) is 0 Å². The third kappa shape index (κ3) is 3.67. The average Bonchev–Trinajstić information content (AvgIpc) is 2.19. The van der Waals surface area contributed by atoms with Crippen molar-refractivity contribution in [3.63, 3.8) is 0 Å². The van der Waals surface area contributed by atoms with E-state index in [1.165, 1.54) is 0 Å². The summed E-state index contributed by atoms with van der Waals surface area (Å²) in [6.07, 6.45) is 3.52. The standard InChI is InChI=1S/C12H24N2O2/c1-12(2,3)14(4)11(15)16-10-7-5-9(13)6-8-10/h9-10H,5-8,13H2,1-4H3. The van der Waals surface area contributed by atoms with E-state index in [1.54, 1.807) is 11.9 Å². The van der Waals surface area contributed by atoms with Crippen LogP contribution in [0.4, 0.5) is 4.79 Å². The molecular formula is C12H24N2O2. The molecule has 4 nitrogen and oxygen atoms in total. The summed E-state index contributed by atoms with van der Waals surface area (Å²) in [5.41, 5.74) is 5.61. The number of carbonyl (C=O) groups excluding carboxylic acids is 1. The molecule has 0 radical (unpaired) electrons. The second-order valence-corrected chi connectivity index (χ2v) is 5.65. The Morgan fingerprint density at radius 2 is 1.75 bits per heavy atom. The predicted molar refractivity (Wildman–Crippen MR) is 64.2 cm³/mol. The Kier molecular flexibility index (Phi) is 4.19. The maximum atomic E-state index is 11.8. The summed E-state index contributed by atoms with van der Waals surface area (Å²) in [5.74, 6) is 0. The van der Waals surface area contributed by atoms with Gasteiger partial charge in [-0.05, 0) is 46.5 Å². The van der Waals surface area contributed by atoms with Crippen LogP contribution in [0.1, 0.15) is 46.5 Å². The smallest absolute Gasteiger partial charge is 0.410 e. The van der Waals surface area contributed by atoms with Crippen LogP contribution >= 0.6 is 0 Å². The number of nitrogens with zero attached hydrogens (tertiary/aromatic N) is 1. The summed E-state index contributed by atoms with van der Waals surface area (Å²) >= 11 is 0. The molecule has 94 valence electrons. The minimum absolute atomic E-state index is 0.0529. The summed E-state index contributed by atoms with van der Waals surface area (Å²) < 4.78 is 5.46. The van der Waals surface area contributed by atoms with Gasteiger partial charge in [-0.3, -0.25) is 0 Å². The maximum absolute atomic E-state index is 11.8. The normalized spacial score (nSPS) is 26.3. The van der Waals surface area contributed by atoms with Gasteiger partial charge in [0.15, 0.2) is 0 Å². The Labute approximate surface area is 98.1 Å². The van der Waals surface area contributed by atoms with Crippen LogP contribution in [0.3, 0.4) is 0 Å². The zero-order valence-electron chi connectivity index (χ0n) is 10.8. The molecule has 0 spiro atoms. The Bertz CT molecular complexity index is 240. The quantitative estimate of drug-likeness (QED) is 0.748. The molecule has 1 aliphatic rings. The second-order valence-electron chi connectivity index (χ2n) is 5.65. The number of amides is 1. The number of ether oxygens (including phenoxy) is 1. The van der Waals surface area contributed by atoms with Crippen LogP contribution in [0.2, 0.25) is 0 Å². The highest BCUT2D eigenvalue weighted by Gasteiger charge is 2.27. The van der Waals surface area contributed by atoms with E-state index in [0.29, 0.717) is 0 Å². The first-order valence-electron chi connectivity index (χ1n) is 6.00. The third-order valence-electron chi connectivity index (χ3n) is 3.27. The maximum Gasteiger partial charge on any atom is 0.410 e. The van der Waals surface area contributed by atoms with Gasteiger partial charge in [0.1, 0.15) is 6.10 Å². The number of nitrogens with two attached hydrogens (primary N) is 1. The van der Waals surface area contributed by atoms with E-state index in [2.05, 4.69) is 0 Å². The third-order valence-corrected chi connectivity index (χ3v) is 3.27. The van der Waals surface area contributed by atoms with Gasteiger partial charge < -0.3 is 15.4 Å². The van der Waals surface area contributed by atoms with Gasteiger partial charge >= 0.3 is 6.09 Å². The largest absolute Gasteiger partial charge is 0.446 e. The summed E-state index contributed by atoms with van der Waals surface area (Å²) in [7, 11) is 1.77. The van der Waals surface area contributed by atoms with Crippen molar-refractivity contribution in [3.05, 3.63) is 0 Å². The van der Waals surface area contributed by atoms with Crippen LogP contribution in [0.5, 0.6) is 0 Å². The summed E-state index contributed by atoms with van der Waals surface area (Å²) in [6.45, 7) is 5.97. The lowest BCUT2D eigenvalue weighted by Crippen LogP contribution is -2.44. The first-order chi connectivity index (χ1) is 7.30. The fourth-order valence-corrected chi connectivity index (χ4v) is 1.70. The number of hydrogen-bond acceptors (Lipinski definition) is 3. The monoisotopic (exact) mass is 228 g/mol. The van der Waals surface area contributed by atoms with Crippen LogP contribution in [-0.4, -0.2) is 35.7 Å². The minimum atomic E-state index is -0.229. The molecule has 0 aromatic carbocycles. The molecule has 0 heterocycles. The van der Waals surface area contributed by atoms with Gasteiger partial charge in [0.05, 0.1) is 0 Å². The van der Waals surface area contributed by atoms with Crippen LogP contribution in [0.25, 0.3) is 0 Å². The molecule has 1 saturated carbocycles. The van der Waals surface area contributed by atoms with E-state index < -0.39 is 0 Å². The van der Waals surface area contributed by atoms with Gasteiger partial charge in [-0.25, -0.2) is 4.79 Å². The van der Waals surface area contributed by atoms with Crippen molar-refractivity contribution in [1.82, 2.24) is 4.90 Å². The van der Waals surface area contributed by atoms with Gasteiger partial charge in [-0.1, -0.05) is 0 Å². The molecule has 1 amide bonds. The summed E-state index contributed by atoms with van der Waals surface area (Å²) in [4.78, 5) is 13.5. The molecule has 0 atom stereocenters. The molecule has 0 unspecified atom stereocenters. The van der Waals surface area contributed by atoms with E-state index >= 15 is 0 Å². The van der Waals surface area contributed by atoms with E-state index in [1.807, 2.05) is 20.8 Å². The van der Waals surface area contributed by atoms with Gasteiger partial charge in [0.25, 0.3) is 0 Å². The first kappa shape index (κ1) is 13.3. The molecular weight excluding hydrogens is 204 g/mol. The lowest BCUT2D eigenvalue weighted by atomic mass is 9.94. The van der Waals surface area contributed by atoms with Gasteiger partial charge in [0.2, 0.25) is 0 Å². The van der Waals surface area contributed by atoms with Gasteiger partial charge in [-0.15, -0.1) is 0 Å². The fourth-order valence-electron chi connectivity index (χ4n) is 1.70. The second kappa shape index (κ2) is 5.04. The van der Waals surface area contributed by atoms with Crippen molar-refractivity contribution in [2.75, 3.05) is 7.05 Å². The van der Waals surface area contributed by atoms with Crippen LogP contribution < -0.4 is 5.73 Å². The van der Waals surface area contributed by atoms with Crippen molar-refractivity contribution in [2.24, 2.45) is 5.73 Å². The molecule has 2 N–H and O–H groups in total. The molecule has 1 rings (SSSR count). The highest BCUT2D eigenvalue weighted by molar-refractivity contribution is 5.68. The van der Waals surface area contributed by atoms with Gasteiger partial charge in [0, 0.05) is 18.6 Å². The van der Waals surface area contributed by atoms with E-state index in [-0.39, 0.29) is 23.8 Å². The Morgan fingerprint density at radius 3 is 2.19 bits per heavy atom. The topological polar surface area (TPSA) is 55.6 Å². The number of carbonyl (C=O) groups is 1. The molecule has 1 aliphatic carbocycles. The molecule has 0 aromatic rings. The summed E-state index contributed by atoms with van der Waals surface area (Å²) in [5, 5.41) is 0. The molecule has 0 aromatic heterocycles. The van der Waals surface area contributed by atoms with E-state index in [4.69, 9.17) is 10.5 Å². The molecule has 0 saturated heterocycles. The van der Waals surface area contributed by atoms with E-state index in [9.17, 15) is 4.79 Å². The lowest BCUT2D eigenvalue weighted by Gasteiger charge is -2.34. The zero-order chi connectivity index (χ0) is 12.3. The average molecular weight is 228 g/mol. The minimum Gasteiger partial charge on any atom is -0.446 e. The predicted octanol–water partition coefficient (Wildman–Crippen LogP) is 2.12. The SMILES string of the molecule is CN(C(=O)OC1CCC(N)CC1)C(C)(C)C. The van der Waals surface area contributed by atoms with Gasteiger partial charge in [-0.2, -0.15) is 0 Å². The Balaban J connectivity index is 2.40. The van der Waals surface area contributed by atoms with Crippen molar-refractivity contribution < 1.29 is 9.53 Å². The summed E-state index contributed by atoms with van der Waals surface area (Å²) in [6, 6.07) is 0.287. The molecule has 0 bridgehead atoms. The molecule has 16 heavy (non-hydrogen) atoms. The zero-order valence-corrected chi connectivity index (χ0v) is 10.8. The lowest BCUT2D eigenvalue weighted by molar-refractivity contribution is 0.0310. The number of hydrogen-bond donors (Lipinski definition) is 1.